The molecule has 176 valence electrons. The Morgan fingerprint density at radius 3 is 2.10 bits per heavy atom. The molecule has 8 nitrogen and oxygen atoms in total. The molecular weight excluding hydrogens is 392 g/mol. The third kappa shape index (κ3) is 16.3. The van der Waals surface area contributed by atoms with Gasteiger partial charge in [0.15, 0.2) is 0 Å². The number of rotatable bonds is 19. The Morgan fingerprint density at radius 2 is 1.47 bits per heavy atom. The van der Waals surface area contributed by atoms with Crippen molar-refractivity contribution in [2.75, 3.05) is 52.9 Å². The minimum absolute atomic E-state index is 0.00908. The highest BCUT2D eigenvalue weighted by molar-refractivity contribution is 5.86. The molecule has 0 aromatic heterocycles. The second-order valence-electron chi connectivity index (χ2n) is 7.25. The van der Waals surface area contributed by atoms with Gasteiger partial charge in [0.2, 0.25) is 0 Å². The van der Waals surface area contributed by atoms with Crippen molar-refractivity contribution in [3.8, 4) is 0 Å². The van der Waals surface area contributed by atoms with Crippen LogP contribution < -0.4 is 0 Å². The molecule has 0 aliphatic rings. The van der Waals surface area contributed by atoms with E-state index in [9.17, 15) is 9.59 Å². The molecule has 0 amide bonds. The summed E-state index contributed by atoms with van der Waals surface area (Å²) in [4.78, 5) is 22.8. The van der Waals surface area contributed by atoms with Gasteiger partial charge in [-0.1, -0.05) is 20.4 Å². The summed E-state index contributed by atoms with van der Waals surface area (Å²) < 4.78 is 32.6. The Kier molecular flexibility index (Phi) is 17.4. The lowest BCUT2D eigenvalue weighted by molar-refractivity contribution is -0.150. The summed E-state index contributed by atoms with van der Waals surface area (Å²) in [5.41, 5.74) is 0.361. The van der Waals surface area contributed by atoms with Gasteiger partial charge in [-0.05, 0) is 33.6 Å². The Hall–Kier alpha value is -1.48. The minimum atomic E-state index is -0.422. The second kappa shape index (κ2) is 18.3. The molecule has 0 heterocycles. The van der Waals surface area contributed by atoms with Gasteiger partial charge in [0.25, 0.3) is 0 Å². The zero-order valence-electron chi connectivity index (χ0n) is 19.3. The van der Waals surface area contributed by atoms with Crippen LogP contribution in [0.4, 0.5) is 0 Å². The quantitative estimate of drug-likeness (QED) is 0.175. The molecule has 2 atom stereocenters. The molecule has 0 aromatic carbocycles. The van der Waals surface area contributed by atoms with Crippen LogP contribution in [-0.4, -0.2) is 77.0 Å². The van der Waals surface area contributed by atoms with Crippen molar-refractivity contribution in [3.63, 3.8) is 0 Å². The second-order valence-corrected chi connectivity index (χ2v) is 7.25. The molecule has 0 spiro atoms. The van der Waals surface area contributed by atoms with Gasteiger partial charge in [-0.2, -0.15) is 0 Å². The van der Waals surface area contributed by atoms with E-state index in [1.165, 1.54) is 0 Å². The fourth-order valence-electron chi connectivity index (χ4n) is 2.32. The summed E-state index contributed by atoms with van der Waals surface area (Å²) >= 11 is 0. The Labute approximate surface area is 181 Å². The average molecular weight is 433 g/mol. The average Bonchev–Trinajstić information content (AvgIpc) is 2.70. The predicted octanol–water partition coefficient (Wildman–Crippen LogP) is 2.93. The molecule has 0 bridgehead atoms. The summed E-state index contributed by atoms with van der Waals surface area (Å²) in [6.07, 6.45) is 1.21. The first-order chi connectivity index (χ1) is 14.3. The standard InChI is InChI=1S/C22H40O8/c1-7-25-10-12-27-19(6)16-20(28-14-15-30-22(24)18(4)5)8-9-26-11-13-29-21(23)17(2)3/h18-20H,2,7-16H2,1,3-6H3. The topological polar surface area (TPSA) is 89.5 Å². The molecular formula is C22H40O8. The highest BCUT2D eigenvalue weighted by Crippen LogP contribution is 2.11. The minimum Gasteiger partial charge on any atom is -0.463 e. The van der Waals surface area contributed by atoms with Crippen molar-refractivity contribution in [1.29, 1.82) is 0 Å². The Bertz CT molecular complexity index is 478. The summed E-state index contributed by atoms with van der Waals surface area (Å²) in [6.45, 7) is 15.8. The van der Waals surface area contributed by atoms with Crippen LogP contribution in [0.1, 0.15) is 47.5 Å². The van der Waals surface area contributed by atoms with Gasteiger partial charge >= 0.3 is 11.9 Å². The van der Waals surface area contributed by atoms with Crippen molar-refractivity contribution in [2.24, 2.45) is 5.92 Å². The van der Waals surface area contributed by atoms with Gasteiger partial charge < -0.3 is 28.4 Å². The van der Waals surface area contributed by atoms with Crippen LogP contribution in [0, 0.1) is 5.92 Å². The van der Waals surface area contributed by atoms with Crippen molar-refractivity contribution in [3.05, 3.63) is 12.2 Å². The lowest BCUT2D eigenvalue weighted by Crippen LogP contribution is -2.26. The number of hydrogen-bond acceptors (Lipinski definition) is 8. The normalized spacial score (nSPS) is 13.1. The van der Waals surface area contributed by atoms with Crippen molar-refractivity contribution < 1.29 is 38.0 Å². The number of carbonyl (C=O) groups excluding carboxylic acids is 2. The van der Waals surface area contributed by atoms with E-state index in [2.05, 4.69) is 6.58 Å². The first-order valence-corrected chi connectivity index (χ1v) is 10.7. The number of hydrogen-bond donors (Lipinski definition) is 0. The molecule has 0 fully saturated rings. The summed E-state index contributed by atoms with van der Waals surface area (Å²) in [5, 5.41) is 0. The zero-order valence-corrected chi connectivity index (χ0v) is 19.3. The summed E-state index contributed by atoms with van der Waals surface area (Å²) in [6, 6.07) is 0. The Balaban J connectivity index is 4.23. The maximum atomic E-state index is 11.5. The third-order valence-electron chi connectivity index (χ3n) is 3.98. The van der Waals surface area contributed by atoms with Crippen molar-refractivity contribution in [1.82, 2.24) is 0 Å². The molecule has 2 unspecified atom stereocenters. The van der Waals surface area contributed by atoms with E-state index in [-0.39, 0.29) is 37.3 Å². The van der Waals surface area contributed by atoms with Gasteiger partial charge in [0.1, 0.15) is 13.2 Å². The van der Waals surface area contributed by atoms with Crippen molar-refractivity contribution >= 4 is 11.9 Å². The van der Waals surface area contributed by atoms with Crippen LogP contribution in [0.5, 0.6) is 0 Å². The maximum Gasteiger partial charge on any atom is 0.333 e. The molecule has 0 saturated heterocycles. The number of esters is 2. The van der Waals surface area contributed by atoms with Crippen LogP contribution in [0.3, 0.4) is 0 Å². The molecule has 0 saturated carbocycles. The smallest absolute Gasteiger partial charge is 0.333 e. The van der Waals surface area contributed by atoms with Crippen LogP contribution in [0.2, 0.25) is 0 Å². The molecule has 8 heteroatoms. The first kappa shape index (κ1) is 28.5. The maximum absolute atomic E-state index is 11.5. The van der Waals surface area contributed by atoms with E-state index in [0.29, 0.717) is 58.1 Å². The van der Waals surface area contributed by atoms with Gasteiger partial charge in [-0.3, -0.25) is 4.79 Å². The fourth-order valence-corrected chi connectivity index (χ4v) is 2.32. The zero-order chi connectivity index (χ0) is 22.8. The third-order valence-corrected chi connectivity index (χ3v) is 3.98. The van der Waals surface area contributed by atoms with Crippen LogP contribution in [0.25, 0.3) is 0 Å². The predicted molar refractivity (Wildman–Crippen MR) is 113 cm³/mol. The van der Waals surface area contributed by atoms with E-state index >= 15 is 0 Å². The molecule has 0 radical (unpaired) electrons. The van der Waals surface area contributed by atoms with Crippen molar-refractivity contribution in [2.45, 2.75) is 59.7 Å². The lowest BCUT2D eigenvalue weighted by atomic mass is 10.1. The van der Waals surface area contributed by atoms with E-state index in [1.54, 1.807) is 20.8 Å². The first-order valence-electron chi connectivity index (χ1n) is 10.7. The fraction of sp³-hybridized carbons (Fsp3) is 0.818. The van der Waals surface area contributed by atoms with Crippen LogP contribution in [-0.2, 0) is 38.0 Å². The monoisotopic (exact) mass is 432 g/mol. The van der Waals surface area contributed by atoms with Gasteiger partial charge in [0.05, 0.1) is 44.6 Å². The molecule has 0 aliphatic carbocycles. The van der Waals surface area contributed by atoms with E-state index in [0.717, 1.165) is 0 Å². The number of ether oxygens (including phenoxy) is 6. The van der Waals surface area contributed by atoms with E-state index in [1.807, 2.05) is 13.8 Å². The highest BCUT2D eigenvalue weighted by atomic mass is 16.6. The molecule has 0 N–H and O–H groups in total. The van der Waals surface area contributed by atoms with E-state index < -0.39 is 5.97 Å². The molecule has 0 aliphatic heterocycles. The van der Waals surface area contributed by atoms with E-state index in [4.69, 9.17) is 28.4 Å². The molecule has 30 heavy (non-hydrogen) atoms. The highest BCUT2D eigenvalue weighted by Gasteiger charge is 2.16. The Morgan fingerprint density at radius 1 is 0.833 bits per heavy atom. The van der Waals surface area contributed by atoms with Gasteiger partial charge in [-0.25, -0.2) is 4.79 Å². The number of carbonyl (C=O) groups is 2. The summed E-state index contributed by atoms with van der Waals surface area (Å²) in [7, 11) is 0. The molecule has 0 aromatic rings. The SMILES string of the molecule is C=C(C)C(=O)OCCOCCC(CC(C)OCCOCC)OCCOC(=O)C(C)C. The molecule has 0 rings (SSSR count). The summed E-state index contributed by atoms with van der Waals surface area (Å²) in [5.74, 6) is -0.823. The lowest BCUT2D eigenvalue weighted by Gasteiger charge is -2.22. The van der Waals surface area contributed by atoms with Crippen LogP contribution in [0.15, 0.2) is 12.2 Å². The largest absolute Gasteiger partial charge is 0.463 e. The van der Waals surface area contributed by atoms with Gasteiger partial charge in [0, 0.05) is 18.8 Å². The van der Waals surface area contributed by atoms with Crippen LogP contribution >= 0.6 is 0 Å². The van der Waals surface area contributed by atoms with Gasteiger partial charge in [-0.15, -0.1) is 0 Å².